The van der Waals surface area contributed by atoms with Gasteiger partial charge in [-0.05, 0) is 32.1 Å². The van der Waals surface area contributed by atoms with Gasteiger partial charge in [-0.1, -0.05) is 0 Å². The van der Waals surface area contributed by atoms with Gasteiger partial charge in [-0.25, -0.2) is 9.78 Å². The van der Waals surface area contributed by atoms with Gasteiger partial charge in [-0.3, -0.25) is 24.2 Å². The highest BCUT2D eigenvalue weighted by Crippen LogP contribution is 2.19. The normalized spacial score (nSPS) is 17.2. The molecule has 38 heavy (non-hydrogen) atoms. The van der Waals surface area contributed by atoms with Crippen molar-refractivity contribution in [3.05, 3.63) is 18.2 Å². The highest BCUT2D eigenvalue weighted by molar-refractivity contribution is 5.94. The molecule has 0 spiro atoms. The molecule has 0 radical (unpaired) electrons. The van der Waals surface area contributed by atoms with Crippen LogP contribution in [-0.2, 0) is 30.4 Å². The molecule has 2 rings (SSSR count). The number of aliphatic imine (C=N–C) groups is 1. The molecule has 11 N–H and O–H groups in total. The predicted molar refractivity (Wildman–Crippen MR) is 133 cm³/mol. The molecule has 4 atom stereocenters. The van der Waals surface area contributed by atoms with Crippen molar-refractivity contribution in [2.75, 3.05) is 13.1 Å². The van der Waals surface area contributed by atoms with Crippen molar-refractivity contribution in [2.24, 2.45) is 22.2 Å². The third kappa shape index (κ3) is 9.34. The molecule has 0 aromatic carbocycles. The fourth-order valence-corrected chi connectivity index (χ4v) is 4.05. The lowest BCUT2D eigenvalue weighted by Gasteiger charge is -2.28. The third-order valence-corrected chi connectivity index (χ3v) is 6.00. The molecule has 1 aromatic rings. The van der Waals surface area contributed by atoms with Crippen LogP contribution in [0.2, 0.25) is 0 Å². The monoisotopic (exact) mass is 537 g/mol. The number of imidazole rings is 1. The molecule has 1 aliphatic rings. The highest BCUT2D eigenvalue weighted by Gasteiger charge is 2.38. The van der Waals surface area contributed by atoms with Crippen LogP contribution in [0.25, 0.3) is 0 Å². The van der Waals surface area contributed by atoms with Gasteiger partial charge in [0.1, 0.15) is 18.1 Å². The number of carboxylic acids is 2. The lowest BCUT2D eigenvalue weighted by Crippen LogP contribution is -2.57. The number of H-pyrrole nitrogens is 1. The number of aromatic nitrogens is 2. The fraction of sp³-hybridized carbons (Fsp3) is 0.591. The lowest BCUT2D eigenvalue weighted by atomic mass is 10.1. The van der Waals surface area contributed by atoms with E-state index in [-0.39, 0.29) is 18.8 Å². The Bertz CT molecular complexity index is 1010. The summed E-state index contributed by atoms with van der Waals surface area (Å²) in [6, 6.07) is -4.43. The summed E-state index contributed by atoms with van der Waals surface area (Å²) in [5.74, 6) is -4.52. The molecule has 16 heteroatoms. The maximum Gasteiger partial charge on any atom is 0.326 e. The zero-order valence-electron chi connectivity index (χ0n) is 20.8. The third-order valence-electron chi connectivity index (χ3n) is 6.00. The van der Waals surface area contributed by atoms with Crippen LogP contribution in [0, 0.1) is 0 Å². The van der Waals surface area contributed by atoms with Crippen LogP contribution in [0.15, 0.2) is 17.5 Å². The van der Waals surface area contributed by atoms with Crippen molar-refractivity contribution >= 4 is 35.6 Å². The van der Waals surface area contributed by atoms with E-state index in [4.69, 9.17) is 22.3 Å². The molecule has 1 fully saturated rings. The molecule has 2 heterocycles. The van der Waals surface area contributed by atoms with Crippen LogP contribution < -0.4 is 27.8 Å². The average Bonchev–Trinajstić information content (AvgIpc) is 3.55. The van der Waals surface area contributed by atoms with Crippen molar-refractivity contribution in [1.82, 2.24) is 25.5 Å². The van der Waals surface area contributed by atoms with Crippen LogP contribution in [0.5, 0.6) is 0 Å². The van der Waals surface area contributed by atoms with E-state index in [1.165, 1.54) is 17.4 Å². The largest absolute Gasteiger partial charge is 0.481 e. The number of likely N-dealkylation sites (tertiary alicyclic amines) is 1. The first kappa shape index (κ1) is 30.0. The van der Waals surface area contributed by atoms with Crippen LogP contribution in [-0.4, -0.2) is 98.0 Å². The number of aliphatic carboxylic acids is 2. The molecular formula is C22H35N9O7. The molecule has 3 amide bonds. The summed E-state index contributed by atoms with van der Waals surface area (Å²) in [7, 11) is 0. The molecule has 1 aliphatic heterocycles. The van der Waals surface area contributed by atoms with E-state index in [9.17, 15) is 29.1 Å². The van der Waals surface area contributed by atoms with Crippen molar-refractivity contribution < 1.29 is 34.2 Å². The second-order valence-electron chi connectivity index (χ2n) is 8.92. The van der Waals surface area contributed by atoms with Crippen molar-refractivity contribution in [3.8, 4) is 0 Å². The van der Waals surface area contributed by atoms with E-state index in [1.807, 2.05) is 0 Å². The number of hydrogen-bond acceptors (Lipinski definition) is 8. The summed E-state index contributed by atoms with van der Waals surface area (Å²) in [5.41, 5.74) is 17.1. The van der Waals surface area contributed by atoms with E-state index in [2.05, 4.69) is 25.6 Å². The SMILES string of the molecule is NC(N)=NCCCC(N)C(=O)N1CCCC1C(=O)NC(Cc1cnc[nH]1)C(=O)NC(CCC(=O)O)C(=O)O. The molecule has 4 unspecified atom stereocenters. The lowest BCUT2D eigenvalue weighted by molar-refractivity contribution is -0.144. The number of aromatic amines is 1. The summed E-state index contributed by atoms with van der Waals surface area (Å²) in [6.07, 6.45) is 3.64. The zero-order valence-corrected chi connectivity index (χ0v) is 20.8. The number of carbonyl (C=O) groups is 5. The molecule has 1 saturated heterocycles. The first-order valence-electron chi connectivity index (χ1n) is 12.1. The minimum absolute atomic E-state index is 0.0478. The Morgan fingerprint density at radius 1 is 1.16 bits per heavy atom. The summed E-state index contributed by atoms with van der Waals surface area (Å²) >= 11 is 0. The van der Waals surface area contributed by atoms with Gasteiger partial charge in [0.05, 0.1) is 12.4 Å². The standard InChI is InChI=1S/C22H35N9O7/c23-13(3-1-7-27-22(24)25)20(36)31-8-2-4-16(31)19(35)30-15(9-12-10-26-11-28-12)18(34)29-14(21(37)38)5-6-17(32)33/h10-11,13-16H,1-9,23H2,(H,26,28)(H,29,34)(H,30,35)(H,32,33)(H,37,38)(H4,24,25,27). The number of nitrogens with two attached hydrogens (primary N) is 3. The Balaban J connectivity index is 2.09. The van der Waals surface area contributed by atoms with Gasteiger partial charge in [0, 0.05) is 37.8 Å². The number of nitrogens with one attached hydrogen (secondary N) is 3. The summed E-state index contributed by atoms with van der Waals surface area (Å²) in [4.78, 5) is 73.4. The molecule has 1 aromatic heterocycles. The van der Waals surface area contributed by atoms with Gasteiger partial charge in [-0.2, -0.15) is 0 Å². The van der Waals surface area contributed by atoms with E-state index in [1.54, 1.807) is 0 Å². The molecular weight excluding hydrogens is 502 g/mol. The van der Waals surface area contributed by atoms with Gasteiger partial charge < -0.3 is 47.9 Å². The van der Waals surface area contributed by atoms with Crippen LogP contribution in [0.1, 0.15) is 44.2 Å². The Morgan fingerprint density at radius 3 is 2.50 bits per heavy atom. The minimum Gasteiger partial charge on any atom is -0.481 e. The number of carbonyl (C=O) groups excluding carboxylic acids is 3. The molecule has 0 aliphatic carbocycles. The van der Waals surface area contributed by atoms with Gasteiger partial charge in [0.15, 0.2) is 5.96 Å². The quantitative estimate of drug-likeness (QED) is 0.0644. The minimum atomic E-state index is -1.47. The Morgan fingerprint density at radius 2 is 1.89 bits per heavy atom. The van der Waals surface area contributed by atoms with Gasteiger partial charge in [0.25, 0.3) is 0 Å². The van der Waals surface area contributed by atoms with Crippen LogP contribution >= 0.6 is 0 Å². The maximum absolute atomic E-state index is 13.2. The predicted octanol–water partition coefficient (Wildman–Crippen LogP) is -2.76. The van der Waals surface area contributed by atoms with Crippen molar-refractivity contribution in [2.45, 2.75) is 69.1 Å². The number of rotatable bonds is 15. The Kier molecular flexibility index (Phi) is 11.5. The number of amides is 3. The molecule has 210 valence electrons. The first-order chi connectivity index (χ1) is 18.0. The first-order valence-corrected chi connectivity index (χ1v) is 12.1. The van der Waals surface area contributed by atoms with Gasteiger partial charge in [-0.15, -0.1) is 0 Å². The van der Waals surface area contributed by atoms with Gasteiger partial charge >= 0.3 is 11.9 Å². The summed E-state index contributed by atoms with van der Waals surface area (Å²) < 4.78 is 0. The second-order valence-corrected chi connectivity index (χ2v) is 8.92. The van der Waals surface area contributed by atoms with Crippen molar-refractivity contribution in [3.63, 3.8) is 0 Å². The van der Waals surface area contributed by atoms with Gasteiger partial charge in [0.2, 0.25) is 17.7 Å². The maximum atomic E-state index is 13.2. The number of nitrogens with zero attached hydrogens (tertiary/aromatic N) is 3. The fourth-order valence-electron chi connectivity index (χ4n) is 4.05. The molecule has 0 bridgehead atoms. The molecule has 0 saturated carbocycles. The molecule has 16 nitrogen and oxygen atoms in total. The number of carboxylic acid groups (broad SMARTS) is 2. The smallest absolute Gasteiger partial charge is 0.326 e. The second kappa shape index (κ2) is 14.5. The van der Waals surface area contributed by atoms with E-state index < -0.39 is 60.2 Å². The van der Waals surface area contributed by atoms with Crippen LogP contribution in [0.3, 0.4) is 0 Å². The summed E-state index contributed by atoms with van der Waals surface area (Å²) in [5, 5.41) is 23.1. The van der Waals surface area contributed by atoms with Crippen LogP contribution in [0.4, 0.5) is 0 Å². The highest BCUT2D eigenvalue weighted by atomic mass is 16.4. The topological polar surface area (TPSA) is 272 Å². The Hall–Kier alpha value is -4.21. The number of guanidine groups is 1. The van der Waals surface area contributed by atoms with Crippen molar-refractivity contribution in [1.29, 1.82) is 0 Å². The van der Waals surface area contributed by atoms with E-state index >= 15 is 0 Å². The summed E-state index contributed by atoms with van der Waals surface area (Å²) in [6.45, 7) is 0.619. The average molecular weight is 538 g/mol. The van der Waals surface area contributed by atoms with E-state index in [0.29, 0.717) is 44.5 Å². The Labute approximate surface area is 218 Å². The number of hydrogen-bond donors (Lipinski definition) is 8. The zero-order chi connectivity index (χ0) is 28.2. The van der Waals surface area contributed by atoms with E-state index in [0.717, 1.165) is 0 Å².